The first-order valence-corrected chi connectivity index (χ1v) is 13.1. The minimum absolute atomic E-state index is 0.161. The number of amides is 1. The van der Waals surface area contributed by atoms with Crippen LogP contribution in [0, 0.1) is 0 Å². The lowest BCUT2D eigenvalue weighted by atomic mass is 9.88. The molecule has 1 amide bonds. The van der Waals surface area contributed by atoms with Gasteiger partial charge >= 0.3 is 0 Å². The van der Waals surface area contributed by atoms with Crippen molar-refractivity contribution in [2.75, 3.05) is 13.1 Å². The molecule has 0 bridgehead atoms. The number of carbonyl (C=O) groups excluding carboxylic acids is 1. The number of hydrogen-bond acceptors (Lipinski definition) is 5. The molecule has 0 unspecified atom stereocenters. The van der Waals surface area contributed by atoms with E-state index in [9.17, 15) is 4.79 Å². The number of nitrogens with zero attached hydrogens (tertiary/aromatic N) is 5. The fourth-order valence-corrected chi connectivity index (χ4v) is 5.40. The third kappa shape index (κ3) is 5.84. The molecular weight excluding hydrogens is 450 g/mol. The summed E-state index contributed by atoms with van der Waals surface area (Å²) in [5.41, 5.74) is 5.67. The van der Waals surface area contributed by atoms with Crippen molar-refractivity contribution in [3.63, 3.8) is 0 Å². The molecule has 7 nitrogen and oxygen atoms in total. The molecule has 1 atom stereocenters. The molecule has 2 aliphatic rings. The van der Waals surface area contributed by atoms with Gasteiger partial charge < -0.3 is 9.64 Å². The van der Waals surface area contributed by atoms with Crippen molar-refractivity contribution in [1.82, 2.24) is 24.6 Å². The van der Waals surface area contributed by atoms with Gasteiger partial charge in [-0.05, 0) is 74.8 Å². The van der Waals surface area contributed by atoms with Gasteiger partial charge in [-0.3, -0.25) is 9.48 Å². The van der Waals surface area contributed by atoms with Crippen LogP contribution in [0.3, 0.4) is 0 Å². The Morgan fingerprint density at radius 2 is 2.00 bits per heavy atom. The second kappa shape index (κ2) is 10.1. The summed E-state index contributed by atoms with van der Waals surface area (Å²) in [6.07, 6.45) is 11.5. The quantitative estimate of drug-likeness (QED) is 0.472. The summed E-state index contributed by atoms with van der Waals surface area (Å²) in [5, 5.41) is 4.24. The van der Waals surface area contributed by atoms with Gasteiger partial charge in [0.15, 0.2) is 0 Å². The summed E-state index contributed by atoms with van der Waals surface area (Å²) in [7, 11) is 1.92. The molecule has 5 rings (SSSR count). The van der Waals surface area contributed by atoms with E-state index in [2.05, 4.69) is 49.1 Å². The zero-order valence-corrected chi connectivity index (χ0v) is 21.9. The Hall–Kier alpha value is -3.06. The summed E-state index contributed by atoms with van der Waals surface area (Å²) >= 11 is 0. The van der Waals surface area contributed by atoms with Gasteiger partial charge in [-0.25, -0.2) is 9.97 Å². The SMILES string of the molecule is Cn1cc(Cc2nccc(-c3ccc4c(c3)CCCC[C@@H]4CC(=O)N3CC(OC(C)(C)C)C3)n2)cn1. The lowest BCUT2D eigenvalue weighted by Gasteiger charge is -2.42. The molecule has 1 saturated heterocycles. The van der Waals surface area contributed by atoms with Crippen molar-refractivity contribution < 1.29 is 9.53 Å². The average molecular weight is 488 g/mol. The Balaban J connectivity index is 1.28. The molecule has 190 valence electrons. The Labute approximate surface area is 213 Å². The largest absolute Gasteiger partial charge is 0.369 e. The monoisotopic (exact) mass is 487 g/mol. The van der Waals surface area contributed by atoms with Gasteiger partial charge in [0.2, 0.25) is 5.91 Å². The van der Waals surface area contributed by atoms with Gasteiger partial charge in [-0.15, -0.1) is 0 Å². The maximum atomic E-state index is 13.1. The predicted molar refractivity (Wildman–Crippen MR) is 140 cm³/mol. The van der Waals surface area contributed by atoms with E-state index in [1.165, 1.54) is 11.1 Å². The second-order valence-corrected chi connectivity index (χ2v) is 11.3. The molecule has 1 aromatic carbocycles. The van der Waals surface area contributed by atoms with E-state index in [0.29, 0.717) is 25.9 Å². The number of aromatic nitrogens is 4. The fourth-order valence-electron chi connectivity index (χ4n) is 5.40. The summed E-state index contributed by atoms with van der Waals surface area (Å²) in [4.78, 5) is 24.3. The van der Waals surface area contributed by atoms with Crippen LogP contribution in [-0.4, -0.2) is 55.4 Å². The van der Waals surface area contributed by atoms with Crippen LogP contribution in [0.1, 0.15) is 74.9 Å². The van der Waals surface area contributed by atoms with Gasteiger partial charge in [0, 0.05) is 50.9 Å². The predicted octanol–water partition coefficient (Wildman–Crippen LogP) is 4.69. The van der Waals surface area contributed by atoms with Gasteiger partial charge in [0.25, 0.3) is 0 Å². The third-order valence-corrected chi connectivity index (χ3v) is 7.10. The molecule has 36 heavy (non-hydrogen) atoms. The summed E-state index contributed by atoms with van der Waals surface area (Å²) in [5.74, 6) is 1.32. The topological polar surface area (TPSA) is 73.1 Å². The maximum Gasteiger partial charge on any atom is 0.223 e. The van der Waals surface area contributed by atoms with Crippen LogP contribution >= 0.6 is 0 Å². The van der Waals surface area contributed by atoms with Crippen LogP contribution in [-0.2, 0) is 29.4 Å². The molecule has 3 aromatic rings. The van der Waals surface area contributed by atoms with Crippen LogP contribution in [0.5, 0.6) is 0 Å². The first-order chi connectivity index (χ1) is 17.2. The Bertz CT molecular complexity index is 1220. The van der Waals surface area contributed by atoms with Crippen molar-refractivity contribution in [3.8, 4) is 11.3 Å². The van der Waals surface area contributed by atoms with Gasteiger partial charge in [0.05, 0.1) is 23.6 Å². The molecule has 1 aliphatic heterocycles. The number of fused-ring (bicyclic) bond motifs is 1. The number of benzene rings is 1. The van der Waals surface area contributed by atoms with E-state index in [-0.39, 0.29) is 23.5 Å². The number of hydrogen-bond donors (Lipinski definition) is 0. The van der Waals surface area contributed by atoms with Crippen molar-refractivity contribution in [1.29, 1.82) is 0 Å². The minimum Gasteiger partial charge on any atom is -0.369 e. The zero-order valence-electron chi connectivity index (χ0n) is 21.9. The lowest BCUT2D eigenvalue weighted by molar-refractivity contribution is -0.157. The lowest BCUT2D eigenvalue weighted by Crippen LogP contribution is -2.56. The first kappa shape index (κ1) is 24.6. The zero-order chi connectivity index (χ0) is 25.3. The molecule has 1 aliphatic carbocycles. The summed E-state index contributed by atoms with van der Waals surface area (Å²) in [6.45, 7) is 7.62. The second-order valence-electron chi connectivity index (χ2n) is 11.3. The van der Waals surface area contributed by atoms with Crippen molar-refractivity contribution >= 4 is 5.91 Å². The highest BCUT2D eigenvalue weighted by molar-refractivity contribution is 5.78. The van der Waals surface area contributed by atoms with E-state index >= 15 is 0 Å². The highest BCUT2D eigenvalue weighted by Gasteiger charge is 2.35. The van der Waals surface area contributed by atoms with Gasteiger partial charge in [-0.2, -0.15) is 5.10 Å². The van der Waals surface area contributed by atoms with Crippen LogP contribution in [0.15, 0.2) is 42.9 Å². The van der Waals surface area contributed by atoms with E-state index in [4.69, 9.17) is 9.72 Å². The van der Waals surface area contributed by atoms with E-state index in [1.807, 2.05) is 36.6 Å². The summed E-state index contributed by atoms with van der Waals surface area (Å²) in [6, 6.07) is 8.66. The van der Waals surface area contributed by atoms with Crippen molar-refractivity contribution in [2.24, 2.45) is 7.05 Å². The molecule has 0 N–H and O–H groups in total. The first-order valence-electron chi connectivity index (χ1n) is 13.1. The third-order valence-electron chi connectivity index (χ3n) is 7.10. The molecule has 7 heteroatoms. The number of aryl methyl sites for hydroxylation is 2. The molecule has 0 radical (unpaired) electrons. The highest BCUT2D eigenvalue weighted by atomic mass is 16.5. The number of ether oxygens (including phenoxy) is 1. The minimum atomic E-state index is -0.166. The van der Waals surface area contributed by atoms with Crippen molar-refractivity contribution in [3.05, 3.63) is 65.4 Å². The fraction of sp³-hybridized carbons (Fsp3) is 0.517. The smallest absolute Gasteiger partial charge is 0.223 e. The number of likely N-dealkylation sites (tertiary alicyclic amines) is 1. The Kier molecular flexibility index (Phi) is 6.93. The molecule has 2 aromatic heterocycles. The van der Waals surface area contributed by atoms with E-state index in [0.717, 1.165) is 48.3 Å². The Morgan fingerprint density at radius 1 is 1.17 bits per heavy atom. The molecular formula is C29H37N5O2. The molecule has 1 fully saturated rings. The van der Waals surface area contributed by atoms with Gasteiger partial charge in [0.1, 0.15) is 5.82 Å². The number of rotatable bonds is 6. The van der Waals surface area contributed by atoms with E-state index < -0.39 is 0 Å². The van der Waals surface area contributed by atoms with Crippen LogP contribution < -0.4 is 0 Å². The van der Waals surface area contributed by atoms with Crippen LogP contribution in [0.4, 0.5) is 0 Å². The standard InChI is InChI=1S/C29H37N5O2/c1-29(2,3)36-24-18-34(19-24)28(35)15-22-8-6-5-7-21-14-23(9-10-25(21)22)26-11-12-30-27(32-26)13-20-16-31-33(4)17-20/h9-12,14,16-17,22,24H,5-8,13,15,18-19H2,1-4H3/t22-/m1/s1. The van der Waals surface area contributed by atoms with Crippen molar-refractivity contribution in [2.45, 2.75) is 76.9 Å². The maximum absolute atomic E-state index is 13.1. The van der Waals surface area contributed by atoms with Gasteiger partial charge in [-0.1, -0.05) is 18.6 Å². The molecule has 0 spiro atoms. The average Bonchev–Trinajstić information content (AvgIpc) is 3.10. The van der Waals surface area contributed by atoms with Crippen LogP contribution in [0.25, 0.3) is 11.3 Å². The normalized spacial score (nSPS) is 18.4. The van der Waals surface area contributed by atoms with E-state index in [1.54, 1.807) is 4.68 Å². The molecule has 3 heterocycles. The van der Waals surface area contributed by atoms with Crippen LogP contribution in [0.2, 0.25) is 0 Å². The molecule has 0 saturated carbocycles. The summed E-state index contributed by atoms with van der Waals surface area (Å²) < 4.78 is 7.81. The highest BCUT2D eigenvalue weighted by Crippen LogP contribution is 2.36. The Morgan fingerprint density at radius 3 is 2.75 bits per heavy atom. The number of carbonyl (C=O) groups is 1.